The first-order valence-electron chi connectivity index (χ1n) is 14.8. The van der Waals surface area contributed by atoms with Crippen molar-refractivity contribution in [3.63, 3.8) is 0 Å². The van der Waals surface area contributed by atoms with Crippen molar-refractivity contribution in [2.75, 3.05) is 14.2 Å². The Balaban J connectivity index is 1.51. The molecule has 45 heavy (non-hydrogen) atoms. The summed E-state index contributed by atoms with van der Waals surface area (Å²) in [5.41, 5.74) is 6.62. The van der Waals surface area contributed by atoms with Crippen molar-refractivity contribution >= 4 is 24.1 Å². The van der Waals surface area contributed by atoms with Crippen LogP contribution in [0, 0.1) is 0 Å². The highest BCUT2D eigenvalue weighted by Crippen LogP contribution is 2.56. The predicted octanol–water partition coefficient (Wildman–Crippen LogP) is 10.3. The monoisotopic (exact) mass is 626 g/mol. The number of rotatable bonds is 12. The Morgan fingerprint density at radius 1 is 0.333 bits per heavy atom. The van der Waals surface area contributed by atoms with Gasteiger partial charge >= 0.3 is 0 Å². The molecule has 6 rings (SSSR count). The fourth-order valence-corrected chi connectivity index (χ4v) is 8.10. The van der Waals surface area contributed by atoms with Crippen LogP contribution >= 0.6 is 24.1 Å². The van der Waals surface area contributed by atoms with E-state index in [1.165, 1.54) is 24.1 Å². The van der Waals surface area contributed by atoms with Crippen molar-refractivity contribution in [3.8, 4) is 11.5 Å². The molecule has 0 fully saturated rings. The zero-order chi connectivity index (χ0) is 31.0. The number of hydrogen-bond donors (Lipinski definition) is 0. The lowest BCUT2D eigenvalue weighted by Gasteiger charge is -2.37. The van der Waals surface area contributed by atoms with Crippen molar-refractivity contribution < 1.29 is 13.1 Å². The second kappa shape index (κ2) is 14.1. The summed E-state index contributed by atoms with van der Waals surface area (Å²) in [7, 11) is 3.38. The summed E-state index contributed by atoms with van der Waals surface area (Å²) >= 11 is 2.92. The largest absolute Gasteiger partial charge is 0.497 e. The van der Waals surface area contributed by atoms with Crippen LogP contribution in [0.3, 0.4) is 0 Å². The van der Waals surface area contributed by atoms with Crippen LogP contribution in [0.4, 0.5) is 0 Å². The van der Waals surface area contributed by atoms with Gasteiger partial charge in [0.25, 0.3) is 0 Å². The van der Waals surface area contributed by atoms with Crippen LogP contribution in [-0.2, 0) is 13.1 Å². The van der Waals surface area contributed by atoms with Gasteiger partial charge in [-0.25, -0.2) is 3.63 Å². The second-order valence-electron chi connectivity index (χ2n) is 10.5. The fourth-order valence-electron chi connectivity index (χ4n) is 5.75. The molecule has 0 aliphatic rings. The van der Waals surface area contributed by atoms with Crippen LogP contribution in [0.5, 0.6) is 11.5 Å². The Morgan fingerprint density at radius 3 is 0.822 bits per heavy atom. The summed E-state index contributed by atoms with van der Waals surface area (Å²) < 4.78 is 16.7. The summed E-state index contributed by atoms with van der Waals surface area (Å²) in [5, 5.41) is 0. The first kappa shape index (κ1) is 30.6. The molecule has 224 valence electrons. The molecule has 3 nitrogen and oxygen atoms in total. The Kier molecular flexibility index (Phi) is 9.61. The highest BCUT2D eigenvalue weighted by molar-refractivity contribution is 8.09. The smallest absolute Gasteiger partial charge is 0.118 e. The average molecular weight is 627 g/mol. The third kappa shape index (κ3) is 6.12. The SMILES string of the molecule is COc1ccc(C(SOSC(c2ccccc2)(c2ccccc2)c2ccc(OC)cc2)(c2ccccc2)c2ccccc2)cc1. The van der Waals surface area contributed by atoms with E-state index in [9.17, 15) is 0 Å². The summed E-state index contributed by atoms with van der Waals surface area (Å²) in [6.45, 7) is 0. The number of ether oxygens (including phenoxy) is 2. The van der Waals surface area contributed by atoms with Gasteiger partial charge in [-0.2, -0.15) is 0 Å². The topological polar surface area (TPSA) is 27.7 Å². The van der Waals surface area contributed by atoms with Gasteiger partial charge in [-0.3, -0.25) is 0 Å². The highest BCUT2D eigenvalue weighted by atomic mass is 32.2. The Hall–Kier alpha value is -4.42. The lowest BCUT2D eigenvalue weighted by Crippen LogP contribution is -2.28. The van der Waals surface area contributed by atoms with Crippen molar-refractivity contribution in [2.24, 2.45) is 0 Å². The molecule has 0 aliphatic heterocycles. The molecule has 0 amide bonds. The van der Waals surface area contributed by atoms with Crippen LogP contribution in [0.1, 0.15) is 33.4 Å². The molecule has 0 bridgehead atoms. The van der Waals surface area contributed by atoms with Gasteiger partial charge < -0.3 is 9.47 Å². The average Bonchev–Trinajstić information content (AvgIpc) is 3.14. The van der Waals surface area contributed by atoms with Crippen molar-refractivity contribution in [1.29, 1.82) is 0 Å². The summed E-state index contributed by atoms with van der Waals surface area (Å²) in [6.07, 6.45) is 0. The van der Waals surface area contributed by atoms with Gasteiger partial charge in [-0.1, -0.05) is 146 Å². The van der Waals surface area contributed by atoms with E-state index in [-0.39, 0.29) is 0 Å². The summed E-state index contributed by atoms with van der Waals surface area (Å²) in [5.74, 6) is 1.61. The third-order valence-corrected chi connectivity index (χ3v) is 10.5. The van der Waals surface area contributed by atoms with Gasteiger partial charge in [0.1, 0.15) is 21.0 Å². The van der Waals surface area contributed by atoms with Crippen molar-refractivity contribution in [3.05, 3.63) is 203 Å². The van der Waals surface area contributed by atoms with Crippen LogP contribution < -0.4 is 9.47 Å². The molecule has 6 aromatic rings. The maximum atomic E-state index is 6.98. The minimum atomic E-state index is -0.680. The van der Waals surface area contributed by atoms with E-state index >= 15 is 0 Å². The first-order valence-corrected chi connectivity index (χ1v) is 16.2. The van der Waals surface area contributed by atoms with Crippen LogP contribution in [0.2, 0.25) is 0 Å². The number of benzene rings is 6. The van der Waals surface area contributed by atoms with Gasteiger partial charge in [-0.15, -0.1) is 0 Å². The lowest BCUT2D eigenvalue weighted by molar-refractivity contribution is 0.414. The molecule has 0 aromatic heterocycles. The van der Waals surface area contributed by atoms with Crippen LogP contribution in [0.15, 0.2) is 170 Å². The lowest BCUT2D eigenvalue weighted by atomic mass is 9.84. The molecule has 0 saturated heterocycles. The van der Waals surface area contributed by atoms with E-state index in [0.29, 0.717) is 0 Å². The van der Waals surface area contributed by atoms with Gasteiger partial charge in [0, 0.05) is 24.1 Å². The Labute approximate surface area is 274 Å². The van der Waals surface area contributed by atoms with Crippen molar-refractivity contribution in [1.82, 2.24) is 0 Å². The summed E-state index contributed by atoms with van der Waals surface area (Å²) in [4.78, 5) is 0. The predicted molar refractivity (Wildman–Crippen MR) is 188 cm³/mol. The molecule has 6 aromatic carbocycles. The molecule has 5 heteroatoms. The third-order valence-electron chi connectivity index (χ3n) is 8.03. The normalized spacial score (nSPS) is 11.6. The quantitative estimate of drug-likeness (QED) is 0.0995. The van der Waals surface area contributed by atoms with Gasteiger partial charge in [0.05, 0.1) is 14.2 Å². The number of methoxy groups -OCH3 is 2. The van der Waals surface area contributed by atoms with E-state index in [1.54, 1.807) is 14.2 Å². The zero-order valence-corrected chi connectivity index (χ0v) is 26.8. The minimum Gasteiger partial charge on any atom is -0.497 e. The Bertz CT molecular complexity index is 1550. The maximum absolute atomic E-state index is 6.98. The number of hydrogen-bond acceptors (Lipinski definition) is 5. The van der Waals surface area contributed by atoms with E-state index in [4.69, 9.17) is 13.1 Å². The first-order chi connectivity index (χ1) is 22.2. The molecule has 0 unspecified atom stereocenters. The molecule has 0 radical (unpaired) electrons. The van der Waals surface area contributed by atoms with Gasteiger partial charge in [0.2, 0.25) is 0 Å². The van der Waals surface area contributed by atoms with Gasteiger partial charge in [0.15, 0.2) is 0 Å². The van der Waals surface area contributed by atoms with Crippen LogP contribution in [-0.4, -0.2) is 14.2 Å². The molecule has 0 spiro atoms. The molecular weight excluding hydrogens is 593 g/mol. The van der Waals surface area contributed by atoms with Gasteiger partial charge in [-0.05, 0) is 57.6 Å². The van der Waals surface area contributed by atoms with E-state index in [1.807, 2.05) is 48.5 Å². The Morgan fingerprint density at radius 2 is 0.578 bits per heavy atom. The highest BCUT2D eigenvalue weighted by Gasteiger charge is 2.43. The van der Waals surface area contributed by atoms with Crippen molar-refractivity contribution in [2.45, 2.75) is 9.49 Å². The van der Waals surface area contributed by atoms with Crippen LogP contribution in [0.25, 0.3) is 0 Å². The molecule has 0 heterocycles. The van der Waals surface area contributed by atoms with E-state index in [2.05, 4.69) is 121 Å². The fraction of sp³-hybridized carbons (Fsp3) is 0.100. The molecule has 0 N–H and O–H groups in total. The molecule has 0 atom stereocenters. The molecule has 0 saturated carbocycles. The molecule has 0 aliphatic carbocycles. The van der Waals surface area contributed by atoms with E-state index < -0.39 is 9.49 Å². The second-order valence-corrected chi connectivity index (χ2v) is 12.6. The summed E-state index contributed by atoms with van der Waals surface area (Å²) in [6, 6.07) is 58.8. The standard InChI is InChI=1S/C40H34O3S2/c1-41-37-27-23-35(24-28-37)39(31-15-7-3-8-16-31,32-17-9-4-10-18-32)44-43-45-40(33-19-11-5-12-20-33,34-21-13-6-14-22-34)36-25-29-38(42-2)30-26-36/h3-30H,1-2H3. The zero-order valence-electron chi connectivity index (χ0n) is 25.2. The maximum Gasteiger partial charge on any atom is 0.118 e. The van der Waals surface area contributed by atoms with E-state index in [0.717, 1.165) is 44.9 Å². The molecular formula is C40H34O3S2. The minimum absolute atomic E-state index is 0.680.